The molecule has 0 bridgehead atoms. The van der Waals surface area contributed by atoms with Gasteiger partial charge in [0.25, 0.3) is 0 Å². The minimum atomic E-state index is 1.20. The van der Waals surface area contributed by atoms with Gasteiger partial charge in [-0.1, -0.05) is 102 Å². The molecule has 0 aliphatic heterocycles. The molecule has 21 heavy (non-hydrogen) atoms. The summed E-state index contributed by atoms with van der Waals surface area (Å²) in [6, 6.07) is 9.13. The third-order valence-corrected chi connectivity index (χ3v) is 4.08. The first-order valence-electron chi connectivity index (χ1n) is 9.12. The highest BCUT2D eigenvalue weighted by atomic mass is 14.0. The second kappa shape index (κ2) is 12.7. The first-order chi connectivity index (χ1) is 10.4. The zero-order valence-corrected chi connectivity index (χ0v) is 14.2. The number of benzene rings is 1. The SMILES string of the molecule is CCCCC=Cc1ccc(CCCCCCCCC)cc1. The van der Waals surface area contributed by atoms with Crippen LogP contribution in [0, 0.1) is 0 Å². The standard InChI is InChI=1S/C21H34/c1-3-5-7-9-10-11-13-15-21-18-16-20(17-19-21)14-12-8-6-4-2/h12,14,16-19H,3-11,13,15H2,1-2H3. The van der Waals surface area contributed by atoms with Crippen LogP contribution in [-0.4, -0.2) is 0 Å². The summed E-state index contributed by atoms with van der Waals surface area (Å²) in [5.41, 5.74) is 2.84. The number of rotatable bonds is 12. The molecular weight excluding hydrogens is 252 g/mol. The molecule has 1 aromatic rings. The van der Waals surface area contributed by atoms with E-state index in [-0.39, 0.29) is 0 Å². The van der Waals surface area contributed by atoms with Crippen molar-refractivity contribution in [3.05, 3.63) is 41.5 Å². The minimum absolute atomic E-state index is 1.20. The zero-order valence-electron chi connectivity index (χ0n) is 14.2. The maximum Gasteiger partial charge on any atom is -0.0260 e. The molecule has 118 valence electrons. The predicted molar refractivity (Wildman–Crippen MR) is 96.7 cm³/mol. The molecule has 0 aliphatic carbocycles. The Bertz CT molecular complexity index is 358. The fourth-order valence-corrected chi connectivity index (χ4v) is 2.62. The van der Waals surface area contributed by atoms with E-state index in [1.807, 2.05) is 0 Å². The number of unbranched alkanes of at least 4 members (excludes halogenated alkanes) is 8. The lowest BCUT2D eigenvalue weighted by atomic mass is 10.0. The van der Waals surface area contributed by atoms with Gasteiger partial charge in [0.05, 0.1) is 0 Å². The minimum Gasteiger partial charge on any atom is -0.0839 e. The van der Waals surface area contributed by atoms with Crippen molar-refractivity contribution in [1.82, 2.24) is 0 Å². The Morgan fingerprint density at radius 2 is 1.33 bits per heavy atom. The van der Waals surface area contributed by atoms with Crippen LogP contribution >= 0.6 is 0 Å². The quantitative estimate of drug-likeness (QED) is 0.357. The van der Waals surface area contributed by atoms with Gasteiger partial charge in [-0.05, 0) is 30.4 Å². The van der Waals surface area contributed by atoms with Crippen LogP contribution in [0.2, 0.25) is 0 Å². The Balaban J connectivity index is 2.14. The van der Waals surface area contributed by atoms with Crippen molar-refractivity contribution >= 4 is 6.08 Å². The molecule has 0 aromatic heterocycles. The van der Waals surface area contributed by atoms with Gasteiger partial charge in [-0.15, -0.1) is 0 Å². The van der Waals surface area contributed by atoms with Crippen LogP contribution in [-0.2, 0) is 6.42 Å². The summed E-state index contributed by atoms with van der Waals surface area (Å²) in [5, 5.41) is 0. The van der Waals surface area contributed by atoms with E-state index in [1.54, 1.807) is 0 Å². The Kier molecular flexibility index (Phi) is 10.9. The average Bonchev–Trinajstić information content (AvgIpc) is 2.52. The van der Waals surface area contributed by atoms with Gasteiger partial charge >= 0.3 is 0 Å². The van der Waals surface area contributed by atoms with Gasteiger partial charge in [0, 0.05) is 0 Å². The fraction of sp³-hybridized carbons (Fsp3) is 0.619. The van der Waals surface area contributed by atoms with Crippen LogP contribution in [0.3, 0.4) is 0 Å². The summed E-state index contributed by atoms with van der Waals surface area (Å²) < 4.78 is 0. The van der Waals surface area contributed by atoms with Crippen LogP contribution in [0.4, 0.5) is 0 Å². The van der Waals surface area contributed by atoms with Crippen molar-refractivity contribution in [2.24, 2.45) is 0 Å². The highest BCUT2D eigenvalue weighted by molar-refractivity contribution is 5.49. The van der Waals surface area contributed by atoms with Gasteiger partial charge in [-0.2, -0.15) is 0 Å². The third-order valence-electron chi connectivity index (χ3n) is 4.08. The van der Waals surface area contributed by atoms with Crippen molar-refractivity contribution in [3.8, 4) is 0 Å². The third kappa shape index (κ3) is 9.50. The maximum absolute atomic E-state index is 2.30. The molecule has 0 nitrogen and oxygen atoms in total. The van der Waals surface area contributed by atoms with E-state index in [0.29, 0.717) is 0 Å². The summed E-state index contributed by atoms with van der Waals surface area (Å²) in [7, 11) is 0. The van der Waals surface area contributed by atoms with Crippen molar-refractivity contribution in [3.63, 3.8) is 0 Å². The number of hydrogen-bond donors (Lipinski definition) is 0. The molecule has 0 unspecified atom stereocenters. The summed E-state index contributed by atoms with van der Waals surface area (Å²) in [6.45, 7) is 4.52. The summed E-state index contributed by atoms with van der Waals surface area (Å²) in [4.78, 5) is 0. The first-order valence-corrected chi connectivity index (χ1v) is 9.12. The van der Waals surface area contributed by atoms with E-state index in [0.717, 1.165) is 0 Å². The largest absolute Gasteiger partial charge is 0.0839 e. The maximum atomic E-state index is 2.30. The average molecular weight is 287 g/mol. The molecule has 1 aromatic carbocycles. The summed E-state index contributed by atoms with van der Waals surface area (Å²) in [6.07, 6.45) is 19.3. The van der Waals surface area contributed by atoms with Gasteiger partial charge in [-0.25, -0.2) is 0 Å². The molecule has 0 atom stereocenters. The Hall–Kier alpha value is -1.04. The van der Waals surface area contributed by atoms with E-state index < -0.39 is 0 Å². The van der Waals surface area contributed by atoms with Crippen LogP contribution < -0.4 is 0 Å². The first kappa shape index (κ1) is 18.0. The molecular formula is C21H34. The molecule has 0 heterocycles. The zero-order chi connectivity index (χ0) is 15.2. The smallest absolute Gasteiger partial charge is 0.0260 e. The molecule has 0 spiro atoms. The number of aryl methyl sites for hydroxylation is 1. The van der Waals surface area contributed by atoms with Gasteiger partial charge in [-0.3, -0.25) is 0 Å². The second-order valence-corrected chi connectivity index (χ2v) is 6.16. The van der Waals surface area contributed by atoms with Crippen LogP contribution in [0.15, 0.2) is 30.3 Å². The summed E-state index contributed by atoms with van der Waals surface area (Å²) in [5.74, 6) is 0. The normalized spacial score (nSPS) is 11.3. The molecule has 0 heteroatoms. The molecule has 1 rings (SSSR count). The molecule has 0 fully saturated rings. The topological polar surface area (TPSA) is 0 Å². The van der Waals surface area contributed by atoms with E-state index >= 15 is 0 Å². The molecule has 0 radical (unpaired) electrons. The molecule has 0 saturated carbocycles. The molecule has 0 saturated heterocycles. The van der Waals surface area contributed by atoms with E-state index in [4.69, 9.17) is 0 Å². The van der Waals surface area contributed by atoms with Crippen molar-refractivity contribution in [1.29, 1.82) is 0 Å². The van der Waals surface area contributed by atoms with E-state index in [1.165, 1.54) is 81.8 Å². The molecule has 0 N–H and O–H groups in total. The highest BCUT2D eigenvalue weighted by Gasteiger charge is 1.95. The Morgan fingerprint density at radius 1 is 0.714 bits per heavy atom. The molecule has 0 amide bonds. The van der Waals surface area contributed by atoms with E-state index in [9.17, 15) is 0 Å². The van der Waals surface area contributed by atoms with Crippen LogP contribution in [0.5, 0.6) is 0 Å². The van der Waals surface area contributed by atoms with Gasteiger partial charge in [0.15, 0.2) is 0 Å². The van der Waals surface area contributed by atoms with Gasteiger partial charge in [0.2, 0.25) is 0 Å². The highest BCUT2D eigenvalue weighted by Crippen LogP contribution is 2.12. The Morgan fingerprint density at radius 3 is 2.00 bits per heavy atom. The molecule has 0 aliphatic rings. The van der Waals surface area contributed by atoms with Crippen LogP contribution in [0.25, 0.3) is 6.08 Å². The predicted octanol–water partition coefficient (Wildman–Crippen LogP) is 7.18. The van der Waals surface area contributed by atoms with Crippen molar-refractivity contribution < 1.29 is 0 Å². The van der Waals surface area contributed by atoms with Crippen LogP contribution in [0.1, 0.15) is 89.2 Å². The number of hydrogen-bond acceptors (Lipinski definition) is 0. The summed E-state index contributed by atoms with van der Waals surface area (Å²) >= 11 is 0. The lowest BCUT2D eigenvalue weighted by Crippen LogP contribution is -1.86. The lowest BCUT2D eigenvalue weighted by molar-refractivity contribution is 0.589. The fourth-order valence-electron chi connectivity index (χ4n) is 2.62. The number of allylic oxidation sites excluding steroid dienone is 1. The lowest BCUT2D eigenvalue weighted by Gasteiger charge is -2.03. The Labute approximate surface area is 132 Å². The monoisotopic (exact) mass is 286 g/mol. The van der Waals surface area contributed by atoms with E-state index in [2.05, 4.69) is 50.3 Å². The van der Waals surface area contributed by atoms with Crippen molar-refractivity contribution in [2.75, 3.05) is 0 Å². The van der Waals surface area contributed by atoms with Gasteiger partial charge in [0.1, 0.15) is 0 Å². The van der Waals surface area contributed by atoms with Crippen molar-refractivity contribution in [2.45, 2.75) is 84.5 Å². The van der Waals surface area contributed by atoms with Gasteiger partial charge < -0.3 is 0 Å². The second-order valence-electron chi connectivity index (χ2n) is 6.16.